The van der Waals surface area contributed by atoms with Crippen molar-refractivity contribution in [2.75, 3.05) is 10.6 Å². The van der Waals surface area contributed by atoms with Crippen molar-refractivity contribution < 1.29 is 4.39 Å². The Morgan fingerprint density at radius 1 is 0.783 bits per heavy atom. The number of halogens is 1. The topological polar surface area (TPSA) is 49.8 Å². The Hall–Kier alpha value is -2.95. The van der Waals surface area contributed by atoms with Crippen LogP contribution in [0.5, 0.6) is 0 Å². The van der Waals surface area contributed by atoms with Gasteiger partial charge >= 0.3 is 0 Å². The number of benzene rings is 2. The van der Waals surface area contributed by atoms with E-state index in [1.165, 1.54) is 17.7 Å². The first-order chi connectivity index (χ1) is 11.1. The van der Waals surface area contributed by atoms with Crippen molar-refractivity contribution in [2.24, 2.45) is 0 Å². The van der Waals surface area contributed by atoms with Gasteiger partial charge in [0.15, 0.2) is 0 Å². The Balaban J connectivity index is 1.82. The maximum Gasteiger partial charge on any atom is 0.136 e. The van der Waals surface area contributed by atoms with E-state index in [0.29, 0.717) is 17.5 Å². The van der Waals surface area contributed by atoms with E-state index < -0.39 is 0 Å². The molecule has 0 spiro atoms. The summed E-state index contributed by atoms with van der Waals surface area (Å²) in [7, 11) is 0. The number of nitrogens with one attached hydrogen (secondary N) is 2. The van der Waals surface area contributed by atoms with Gasteiger partial charge in [0.2, 0.25) is 0 Å². The van der Waals surface area contributed by atoms with Crippen LogP contribution < -0.4 is 10.6 Å². The van der Waals surface area contributed by atoms with Gasteiger partial charge in [0.1, 0.15) is 23.3 Å². The molecule has 3 aromatic rings. The zero-order chi connectivity index (χ0) is 16.2. The molecule has 0 atom stereocenters. The van der Waals surface area contributed by atoms with E-state index in [0.717, 1.165) is 11.4 Å². The van der Waals surface area contributed by atoms with E-state index in [4.69, 9.17) is 0 Å². The summed E-state index contributed by atoms with van der Waals surface area (Å²) >= 11 is 0. The first-order valence-electron chi connectivity index (χ1n) is 7.30. The molecule has 0 amide bonds. The number of aromatic nitrogens is 2. The van der Waals surface area contributed by atoms with Crippen LogP contribution in [-0.2, 0) is 0 Å². The molecule has 0 saturated heterocycles. The van der Waals surface area contributed by atoms with E-state index in [9.17, 15) is 4.39 Å². The third-order valence-corrected chi connectivity index (χ3v) is 3.25. The molecule has 0 aliphatic heterocycles. The molecular weight excluding hydrogens is 291 g/mol. The van der Waals surface area contributed by atoms with Gasteiger partial charge < -0.3 is 10.6 Å². The van der Waals surface area contributed by atoms with Gasteiger partial charge in [0.25, 0.3) is 0 Å². The Morgan fingerprint density at radius 3 is 2.09 bits per heavy atom. The lowest BCUT2D eigenvalue weighted by molar-refractivity contribution is 0.628. The van der Waals surface area contributed by atoms with Gasteiger partial charge in [-0.3, -0.25) is 0 Å². The zero-order valence-corrected chi connectivity index (χ0v) is 13.0. The summed E-state index contributed by atoms with van der Waals surface area (Å²) in [6.45, 7) is 3.87. The van der Waals surface area contributed by atoms with E-state index in [1.807, 2.05) is 44.2 Å². The molecule has 0 unspecified atom stereocenters. The number of rotatable bonds is 4. The molecule has 1 aromatic heterocycles. The van der Waals surface area contributed by atoms with Crippen molar-refractivity contribution in [3.8, 4) is 0 Å². The molecule has 2 N–H and O–H groups in total. The number of anilines is 4. The second kappa shape index (κ2) is 6.44. The Kier molecular flexibility index (Phi) is 4.19. The summed E-state index contributed by atoms with van der Waals surface area (Å²) in [6, 6.07) is 16.0. The predicted molar refractivity (Wildman–Crippen MR) is 90.9 cm³/mol. The van der Waals surface area contributed by atoms with Crippen LogP contribution in [0.4, 0.5) is 27.4 Å². The van der Waals surface area contributed by atoms with Crippen LogP contribution in [0.3, 0.4) is 0 Å². The molecule has 2 aromatic carbocycles. The lowest BCUT2D eigenvalue weighted by Crippen LogP contribution is -2.01. The second-order valence-corrected chi connectivity index (χ2v) is 5.31. The molecule has 5 heteroatoms. The van der Waals surface area contributed by atoms with E-state index >= 15 is 0 Å². The summed E-state index contributed by atoms with van der Waals surface area (Å²) in [5.74, 6) is 1.73. The monoisotopic (exact) mass is 308 g/mol. The molecule has 4 nitrogen and oxygen atoms in total. The highest BCUT2D eigenvalue weighted by atomic mass is 19.1. The van der Waals surface area contributed by atoms with Crippen LogP contribution in [0.15, 0.2) is 54.6 Å². The van der Waals surface area contributed by atoms with Crippen molar-refractivity contribution in [1.29, 1.82) is 0 Å². The zero-order valence-electron chi connectivity index (χ0n) is 13.0. The molecule has 0 aliphatic rings. The molecule has 116 valence electrons. The molecule has 0 saturated carbocycles. The van der Waals surface area contributed by atoms with E-state index in [1.54, 1.807) is 12.1 Å². The summed E-state index contributed by atoms with van der Waals surface area (Å²) in [5.41, 5.74) is 2.91. The molecule has 0 radical (unpaired) electrons. The van der Waals surface area contributed by atoms with Crippen molar-refractivity contribution in [2.45, 2.75) is 13.8 Å². The smallest absolute Gasteiger partial charge is 0.136 e. The highest BCUT2D eigenvalue weighted by molar-refractivity contribution is 5.63. The SMILES string of the molecule is Cc1cccc(Nc2cc(Nc3ccc(F)cc3)nc(C)n2)c1. The number of aryl methyl sites for hydroxylation is 2. The minimum absolute atomic E-state index is 0.267. The van der Waals surface area contributed by atoms with Crippen molar-refractivity contribution in [3.63, 3.8) is 0 Å². The molecule has 1 heterocycles. The van der Waals surface area contributed by atoms with Gasteiger partial charge in [0, 0.05) is 17.4 Å². The van der Waals surface area contributed by atoms with Gasteiger partial charge in [-0.25, -0.2) is 14.4 Å². The minimum Gasteiger partial charge on any atom is -0.340 e. The third kappa shape index (κ3) is 4.03. The predicted octanol–water partition coefficient (Wildman–Crippen LogP) is 4.72. The molecule has 0 bridgehead atoms. The Morgan fingerprint density at radius 2 is 1.43 bits per heavy atom. The van der Waals surface area contributed by atoms with Crippen LogP contribution >= 0.6 is 0 Å². The highest BCUT2D eigenvalue weighted by Gasteiger charge is 2.04. The molecule has 0 aliphatic carbocycles. The lowest BCUT2D eigenvalue weighted by atomic mass is 10.2. The van der Waals surface area contributed by atoms with Crippen LogP contribution in [0.2, 0.25) is 0 Å². The Labute approximate surface area is 134 Å². The van der Waals surface area contributed by atoms with E-state index in [-0.39, 0.29) is 5.82 Å². The lowest BCUT2D eigenvalue weighted by Gasteiger charge is -2.10. The van der Waals surface area contributed by atoms with Crippen molar-refractivity contribution >= 4 is 23.0 Å². The van der Waals surface area contributed by atoms with Gasteiger partial charge in [-0.2, -0.15) is 0 Å². The van der Waals surface area contributed by atoms with Crippen molar-refractivity contribution in [1.82, 2.24) is 9.97 Å². The fraction of sp³-hybridized carbons (Fsp3) is 0.111. The summed E-state index contributed by atoms with van der Waals surface area (Å²) in [6.07, 6.45) is 0. The molecule has 3 rings (SSSR count). The van der Waals surface area contributed by atoms with Gasteiger partial charge in [0.05, 0.1) is 0 Å². The number of hydrogen-bond acceptors (Lipinski definition) is 4. The van der Waals surface area contributed by atoms with Crippen LogP contribution in [-0.4, -0.2) is 9.97 Å². The van der Waals surface area contributed by atoms with Crippen LogP contribution in [0.1, 0.15) is 11.4 Å². The average molecular weight is 308 g/mol. The minimum atomic E-state index is -0.267. The maximum atomic E-state index is 13.0. The normalized spacial score (nSPS) is 10.4. The molecule has 23 heavy (non-hydrogen) atoms. The third-order valence-electron chi connectivity index (χ3n) is 3.25. The fourth-order valence-corrected chi connectivity index (χ4v) is 2.25. The van der Waals surface area contributed by atoms with Crippen molar-refractivity contribution in [3.05, 3.63) is 71.8 Å². The largest absolute Gasteiger partial charge is 0.340 e. The first kappa shape index (κ1) is 15.0. The van der Waals surface area contributed by atoms with Gasteiger partial charge in [-0.05, 0) is 55.8 Å². The quantitative estimate of drug-likeness (QED) is 0.732. The second-order valence-electron chi connectivity index (χ2n) is 5.31. The fourth-order valence-electron chi connectivity index (χ4n) is 2.25. The molecule has 0 fully saturated rings. The number of hydrogen-bond donors (Lipinski definition) is 2. The van der Waals surface area contributed by atoms with Gasteiger partial charge in [-0.15, -0.1) is 0 Å². The maximum absolute atomic E-state index is 13.0. The van der Waals surface area contributed by atoms with E-state index in [2.05, 4.69) is 20.6 Å². The summed E-state index contributed by atoms with van der Waals surface area (Å²) < 4.78 is 13.0. The first-order valence-corrected chi connectivity index (χ1v) is 7.30. The Bertz CT molecular complexity index is 816. The van der Waals surface area contributed by atoms with Gasteiger partial charge in [-0.1, -0.05) is 12.1 Å². The standard InChI is InChI=1S/C18H17FN4/c1-12-4-3-5-16(10-12)23-18-11-17(20-13(2)21-18)22-15-8-6-14(19)7-9-15/h3-11H,1-2H3,(H2,20,21,22,23). The highest BCUT2D eigenvalue weighted by Crippen LogP contribution is 2.21. The summed E-state index contributed by atoms with van der Waals surface area (Å²) in [4.78, 5) is 8.75. The molecular formula is C18H17FN4. The van der Waals surface area contributed by atoms with Crippen LogP contribution in [0.25, 0.3) is 0 Å². The average Bonchev–Trinajstić information content (AvgIpc) is 2.49. The number of nitrogens with zero attached hydrogens (tertiary/aromatic N) is 2. The summed E-state index contributed by atoms with van der Waals surface area (Å²) in [5, 5.41) is 6.42. The van der Waals surface area contributed by atoms with Crippen LogP contribution in [0, 0.1) is 19.7 Å².